The van der Waals surface area contributed by atoms with Gasteiger partial charge in [0.2, 0.25) is 0 Å². The molecule has 18 heavy (non-hydrogen) atoms. The van der Waals surface area contributed by atoms with E-state index < -0.39 is 0 Å². The van der Waals surface area contributed by atoms with Crippen molar-refractivity contribution in [1.29, 1.82) is 0 Å². The molecule has 3 heteroatoms. The van der Waals surface area contributed by atoms with Crippen molar-refractivity contribution in [2.75, 3.05) is 18.0 Å². The number of nitrogens with zero attached hydrogens (tertiary/aromatic N) is 1. The Labute approximate surface area is 109 Å². The minimum absolute atomic E-state index is 0.319. The van der Waals surface area contributed by atoms with Crippen molar-refractivity contribution < 1.29 is 9.18 Å². The Morgan fingerprint density at radius 1 is 1.17 bits per heavy atom. The van der Waals surface area contributed by atoms with E-state index in [-0.39, 0.29) is 5.82 Å². The van der Waals surface area contributed by atoms with Crippen LogP contribution in [0, 0.1) is 17.7 Å². The molecule has 0 N–H and O–H groups in total. The molecule has 0 spiro atoms. The monoisotopic (exact) mass is 251 g/mol. The second-order valence-electron chi connectivity index (χ2n) is 5.52. The van der Waals surface area contributed by atoms with Gasteiger partial charge in [-0.15, -0.1) is 0 Å². The summed E-state index contributed by atoms with van der Waals surface area (Å²) in [4.78, 5) is 12.7. The minimum Gasteiger partial charge on any atom is -0.369 e. The van der Waals surface area contributed by atoms with E-state index in [2.05, 4.69) is 32.6 Å². The van der Waals surface area contributed by atoms with Crippen LogP contribution in [0.2, 0.25) is 0 Å². The van der Waals surface area contributed by atoms with Gasteiger partial charge < -0.3 is 4.90 Å². The lowest BCUT2D eigenvalue weighted by atomic mass is 10.1. The van der Waals surface area contributed by atoms with E-state index in [0.29, 0.717) is 29.4 Å². The van der Waals surface area contributed by atoms with Crippen LogP contribution in [0.25, 0.3) is 0 Å². The molecule has 0 bridgehead atoms. The SMILES string of the molecule is CC(C)CN(CC(C)C)c1ccc(C=O)cc1F. The third kappa shape index (κ3) is 4.13. The highest BCUT2D eigenvalue weighted by molar-refractivity contribution is 5.76. The van der Waals surface area contributed by atoms with Crippen LogP contribution < -0.4 is 4.90 Å². The molecule has 0 unspecified atom stereocenters. The van der Waals surface area contributed by atoms with Crippen molar-refractivity contribution >= 4 is 12.0 Å². The topological polar surface area (TPSA) is 20.3 Å². The van der Waals surface area contributed by atoms with Crippen molar-refractivity contribution in [3.8, 4) is 0 Å². The van der Waals surface area contributed by atoms with Crippen molar-refractivity contribution in [3.63, 3.8) is 0 Å². The van der Waals surface area contributed by atoms with Crippen molar-refractivity contribution in [1.82, 2.24) is 0 Å². The lowest BCUT2D eigenvalue weighted by Crippen LogP contribution is -2.32. The highest BCUT2D eigenvalue weighted by atomic mass is 19.1. The molecule has 100 valence electrons. The van der Waals surface area contributed by atoms with Gasteiger partial charge in [-0.1, -0.05) is 27.7 Å². The Bertz CT molecular complexity index is 391. The van der Waals surface area contributed by atoms with Crippen LogP contribution in [0.15, 0.2) is 18.2 Å². The molecule has 0 atom stereocenters. The number of aldehydes is 1. The molecule has 0 saturated heterocycles. The first kappa shape index (κ1) is 14.7. The fraction of sp³-hybridized carbons (Fsp3) is 0.533. The zero-order chi connectivity index (χ0) is 13.7. The molecule has 1 aromatic carbocycles. The van der Waals surface area contributed by atoms with E-state index in [1.165, 1.54) is 6.07 Å². The van der Waals surface area contributed by atoms with E-state index in [4.69, 9.17) is 0 Å². The zero-order valence-electron chi connectivity index (χ0n) is 11.6. The summed E-state index contributed by atoms with van der Waals surface area (Å²) in [6.07, 6.45) is 0.669. The van der Waals surface area contributed by atoms with Crippen LogP contribution in [-0.2, 0) is 0 Å². The highest BCUT2D eigenvalue weighted by Crippen LogP contribution is 2.22. The summed E-state index contributed by atoms with van der Waals surface area (Å²) in [7, 11) is 0. The molecule has 0 aromatic heterocycles. The maximum Gasteiger partial charge on any atom is 0.150 e. The molecule has 1 rings (SSSR count). The number of hydrogen-bond acceptors (Lipinski definition) is 2. The third-order valence-electron chi connectivity index (χ3n) is 2.62. The quantitative estimate of drug-likeness (QED) is 0.717. The van der Waals surface area contributed by atoms with Gasteiger partial charge in [-0.2, -0.15) is 0 Å². The molecule has 0 aliphatic rings. The zero-order valence-corrected chi connectivity index (χ0v) is 11.6. The molecule has 0 aliphatic heterocycles. The summed E-state index contributed by atoms with van der Waals surface area (Å²) in [5.74, 6) is 0.615. The van der Waals surface area contributed by atoms with Gasteiger partial charge in [0, 0.05) is 18.7 Å². The molecule has 0 amide bonds. The number of hydrogen-bond donors (Lipinski definition) is 0. The van der Waals surface area contributed by atoms with E-state index in [9.17, 15) is 9.18 Å². The van der Waals surface area contributed by atoms with Crippen LogP contribution in [0.3, 0.4) is 0 Å². The van der Waals surface area contributed by atoms with E-state index in [0.717, 1.165) is 13.1 Å². The number of carbonyl (C=O) groups excluding carboxylic acids is 1. The second-order valence-corrected chi connectivity index (χ2v) is 5.52. The molecule has 0 saturated carbocycles. The van der Waals surface area contributed by atoms with Crippen LogP contribution in [0.5, 0.6) is 0 Å². The number of benzene rings is 1. The average molecular weight is 251 g/mol. The Balaban J connectivity index is 3.00. The van der Waals surface area contributed by atoms with Crippen LogP contribution in [0.1, 0.15) is 38.1 Å². The third-order valence-corrected chi connectivity index (χ3v) is 2.62. The Morgan fingerprint density at radius 2 is 1.72 bits per heavy atom. The normalized spacial score (nSPS) is 11.1. The van der Waals surface area contributed by atoms with Gasteiger partial charge in [-0.3, -0.25) is 4.79 Å². The number of carbonyl (C=O) groups is 1. The predicted octanol–water partition coefficient (Wildman–Crippen LogP) is 3.76. The minimum atomic E-state index is -0.319. The Morgan fingerprint density at radius 3 is 2.11 bits per heavy atom. The van der Waals surface area contributed by atoms with Crippen molar-refractivity contribution in [2.24, 2.45) is 11.8 Å². The van der Waals surface area contributed by atoms with Gasteiger partial charge in [-0.05, 0) is 30.0 Å². The summed E-state index contributed by atoms with van der Waals surface area (Å²) in [5.41, 5.74) is 0.966. The molecular weight excluding hydrogens is 229 g/mol. The van der Waals surface area contributed by atoms with Gasteiger partial charge in [0.1, 0.15) is 12.1 Å². The molecule has 0 heterocycles. The molecule has 0 aliphatic carbocycles. The number of anilines is 1. The lowest BCUT2D eigenvalue weighted by Gasteiger charge is -2.28. The van der Waals surface area contributed by atoms with E-state index in [1.807, 2.05) is 0 Å². The van der Waals surface area contributed by atoms with E-state index in [1.54, 1.807) is 12.1 Å². The molecule has 2 nitrogen and oxygen atoms in total. The summed E-state index contributed by atoms with van der Waals surface area (Å²) in [5, 5.41) is 0. The largest absolute Gasteiger partial charge is 0.369 e. The standard InChI is InChI=1S/C15H22FNO/c1-11(2)8-17(9-12(3)4)15-6-5-13(10-18)7-14(15)16/h5-7,10-12H,8-9H2,1-4H3. The fourth-order valence-electron chi connectivity index (χ4n) is 2.01. The first-order valence-corrected chi connectivity index (χ1v) is 6.43. The van der Waals surface area contributed by atoms with Gasteiger partial charge in [0.25, 0.3) is 0 Å². The fourth-order valence-corrected chi connectivity index (χ4v) is 2.01. The van der Waals surface area contributed by atoms with Gasteiger partial charge in [0.15, 0.2) is 0 Å². The lowest BCUT2D eigenvalue weighted by molar-refractivity contribution is 0.112. The predicted molar refractivity (Wildman–Crippen MR) is 73.7 cm³/mol. The molecular formula is C15H22FNO. The second kappa shape index (κ2) is 6.53. The van der Waals surface area contributed by atoms with Gasteiger partial charge in [0.05, 0.1) is 5.69 Å². The van der Waals surface area contributed by atoms with Gasteiger partial charge >= 0.3 is 0 Å². The summed E-state index contributed by atoms with van der Waals surface area (Å²) >= 11 is 0. The maximum absolute atomic E-state index is 14.0. The Kier molecular flexibility index (Phi) is 5.32. The maximum atomic E-state index is 14.0. The van der Waals surface area contributed by atoms with Crippen molar-refractivity contribution in [2.45, 2.75) is 27.7 Å². The Hall–Kier alpha value is -1.38. The number of halogens is 1. The first-order valence-electron chi connectivity index (χ1n) is 6.43. The van der Waals surface area contributed by atoms with Gasteiger partial charge in [-0.25, -0.2) is 4.39 Å². The van der Waals surface area contributed by atoms with Crippen LogP contribution >= 0.6 is 0 Å². The summed E-state index contributed by atoms with van der Waals surface area (Å²) in [6.45, 7) is 10.1. The summed E-state index contributed by atoms with van der Waals surface area (Å²) in [6, 6.07) is 4.67. The molecule has 0 radical (unpaired) electrons. The smallest absolute Gasteiger partial charge is 0.150 e. The summed E-state index contributed by atoms with van der Waals surface area (Å²) < 4.78 is 14.0. The highest BCUT2D eigenvalue weighted by Gasteiger charge is 2.14. The average Bonchev–Trinajstić information content (AvgIpc) is 2.26. The van der Waals surface area contributed by atoms with E-state index >= 15 is 0 Å². The first-order chi connectivity index (χ1) is 8.43. The molecule has 1 aromatic rings. The van der Waals surface area contributed by atoms with Crippen molar-refractivity contribution in [3.05, 3.63) is 29.6 Å². The number of rotatable bonds is 6. The van der Waals surface area contributed by atoms with Crippen LogP contribution in [-0.4, -0.2) is 19.4 Å². The van der Waals surface area contributed by atoms with Crippen LogP contribution in [0.4, 0.5) is 10.1 Å². The molecule has 0 fully saturated rings.